The van der Waals surface area contributed by atoms with Crippen LogP contribution in [0, 0.1) is 5.39 Å². The third kappa shape index (κ3) is 8.87. The first-order valence-corrected chi connectivity index (χ1v) is 1.51. The second kappa shape index (κ2) is 5.92. The van der Waals surface area contributed by atoms with Crippen LogP contribution in [0.1, 0.15) is 0 Å². The van der Waals surface area contributed by atoms with Crippen molar-refractivity contribution in [2.45, 2.75) is 0 Å². The lowest BCUT2D eigenvalue weighted by molar-refractivity contribution is -0.131. The van der Waals surface area contributed by atoms with Gasteiger partial charge in [0, 0.05) is 0 Å². The molecule has 0 aromatic rings. The van der Waals surface area contributed by atoms with E-state index in [0.29, 0.717) is 0 Å². The minimum absolute atomic E-state index is 0. The average Bonchev–Trinajstić information content (AvgIpc) is 1.61. The molecule has 0 aromatic carbocycles. The van der Waals surface area contributed by atoms with Gasteiger partial charge in [-0.15, -0.1) is 0 Å². The molecule has 8 heavy (non-hydrogen) atoms. The Kier molecular flexibility index (Phi) is 7.41. The summed E-state index contributed by atoms with van der Waals surface area (Å²) in [6, 6.07) is 0. The number of hydrogen-bond acceptors (Lipinski definition) is 2. The molecule has 0 aliphatic heterocycles. The maximum absolute atomic E-state index is 9.50. The van der Waals surface area contributed by atoms with Crippen molar-refractivity contribution in [1.82, 2.24) is 0 Å². The summed E-state index contributed by atoms with van der Waals surface area (Å²) >= 11 is 0. The van der Waals surface area contributed by atoms with Crippen LogP contribution in [-0.2, 0) is 4.79 Å². The van der Waals surface area contributed by atoms with Crippen molar-refractivity contribution in [3.05, 3.63) is 17.3 Å². The number of diazo groups is 1. The molecule has 0 saturated carbocycles. The van der Waals surface area contributed by atoms with Gasteiger partial charge in [0.25, 0.3) is 0 Å². The van der Waals surface area contributed by atoms with Crippen molar-refractivity contribution in [2.75, 3.05) is 0 Å². The number of carboxylic acid groups (broad SMARTS) is 1. The number of rotatable bonds is 1. The molecule has 0 spiro atoms. The molecule has 0 radical (unpaired) electrons. The van der Waals surface area contributed by atoms with Crippen molar-refractivity contribution in [2.24, 2.45) is 0 Å². The molecular formula is C3H3ClN2O2. The second-order valence-corrected chi connectivity index (χ2v) is 0.769. The van der Waals surface area contributed by atoms with Crippen LogP contribution in [0.3, 0.4) is 0 Å². The predicted octanol–water partition coefficient (Wildman–Crippen LogP) is -2.56. The Labute approximate surface area is 51.8 Å². The lowest BCUT2D eigenvalue weighted by atomic mass is 10.6. The van der Waals surface area contributed by atoms with Gasteiger partial charge in [-0.25, -0.2) is 4.79 Å². The highest BCUT2D eigenvalue weighted by Gasteiger charge is 1.87. The van der Waals surface area contributed by atoms with E-state index in [1.165, 1.54) is 0 Å². The van der Waals surface area contributed by atoms with Gasteiger partial charge in [-0.3, -0.25) is 0 Å². The third-order valence-electron chi connectivity index (χ3n) is 0.284. The Bertz CT molecular complexity index is 137. The van der Waals surface area contributed by atoms with Crippen LogP contribution in [0.5, 0.6) is 0 Å². The Morgan fingerprint density at radius 1 is 1.75 bits per heavy atom. The molecule has 0 rings (SSSR count). The van der Waals surface area contributed by atoms with Crippen LogP contribution in [0.25, 0.3) is 4.98 Å². The Balaban J connectivity index is 0. The Hall–Kier alpha value is -1.08. The number of aliphatic carboxylic acids is 1. The molecule has 0 heterocycles. The van der Waals surface area contributed by atoms with Crippen LogP contribution in [0.2, 0.25) is 0 Å². The minimum Gasteiger partial charge on any atom is -1.00 e. The molecule has 0 aliphatic carbocycles. The lowest BCUT2D eigenvalue weighted by Gasteiger charge is -1.63. The van der Waals surface area contributed by atoms with Crippen LogP contribution in [0.4, 0.5) is 0 Å². The van der Waals surface area contributed by atoms with Gasteiger partial charge in [-0.2, -0.15) is 0 Å². The summed E-state index contributed by atoms with van der Waals surface area (Å²) in [4.78, 5) is 11.9. The average molecular weight is 135 g/mol. The topological polar surface area (TPSA) is 65.5 Å². The van der Waals surface area contributed by atoms with Crippen LogP contribution >= 0.6 is 0 Å². The maximum Gasteiger partial charge on any atom is 0.357 e. The van der Waals surface area contributed by atoms with Gasteiger partial charge in [0.05, 0.1) is 0 Å². The van der Waals surface area contributed by atoms with Crippen LogP contribution in [-0.4, -0.2) is 11.1 Å². The van der Waals surface area contributed by atoms with Crippen molar-refractivity contribution in [3.63, 3.8) is 0 Å². The summed E-state index contributed by atoms with van der Waals surface area (Å²) in [6.07, 6.45) is 1.50. The Morgan fingerprint density at radius 3 is 2.38 bits per heavy atom. The molecule has 0 atom stereocenters. The molecule has 0 bridgehead atoms. The maximum atomic E-state index is 9.50. The largest absolute Gasteiger partial charge is 1.00 e. The first-order chi connectivity index (χ1) is 3.27. The molecule has 1 N–H and O–H groups in total. The summed E-state index contributed by atoms with van der Waals surface area (Å²) in [5.74, 6) is -1.13. The van der Waals surface area contributed by atoms with E-state index >= 15 is 0 Å². The summed E-state index contributed by atoms with van der Waals surface area (Å²) in [5, 5.41) is 15.4. The van der Waals surface area contributed by atoms with Crippen molar-refractivity contribution in [3.8, 4) is 0 Å². The second-order valence-electron chi connectivity index (χ2n) is 0.769. The molecule has 4 nitrogen and oxygen atoms in total. The first-order valence-electron chi connectivity index (χ1n) is 1.51. The smallest absolute Gasteiger partial charge is 0.357 e. The summed E-state index contributed by atoms with van der Waals surface area (Å²) < 4.78 is 0. The highest BCUT2D eigenvalue weighted by Crippen LogP contribution is 1.70. The molecule has 0 saturated heterocycles. The molecule has 0 aliphatic rings. The first kappa shape index (κ1) is 10.0. The zero-order valence-electron chi connectivity index (χ0n) is 3.78. The fourth-order valence-electron chi connectivity index (χ4n) is 0.0971. The summed E-state index contributed by atoms with van der Waals surface area (Å²) in [5.41, 5.74) is 0. The van der Waals surface area contributed by atoms with E-state index in [9.17, 15) is 4.79 Å². The van der Waals surface area contributed by atoms with E-state index in [1.807, 2.05) is 0 Å². The lowest BCUT2D eigenvalue weighted by Crippen LogP contribution is -3.00. The van der Waals surface area contributed by atoms with Gasteiger partial charge in [0.15, 0.2) is 4.98 Å². The molecule has 0 unspecified atom stereocenters. The quantitative estimate of drug-likeness (QED) is 0.317. The van der Waals surface area contributed by atoms with Gasteiger partial charge >= 0.3 is 12.2 Å². The van der Waals surface area contributed by atoms with Gasteiger partial charge in [-0.05, 0) is 0 Å². The SMILES string of the molecule is N#[N+]C=CC(=O)O.[Cl-]. The molecule has 0 amide bonds. The number of nitrogens with zero attached hydrogens (tertiary/aromatic N) is 2. The van der Waals surface area contributed by atoms with Gasteiger partial charge < -0.3 is 17.5 Å². The Morgan fingerprint density at radius 2 is 2.25 bits per heavy atom. The van der Waals surface area contributed by atoms with Crippen LogP contribution < -0.4 is 12.4 Å². The van der Waals surface area contributed by atoms with E-state index < -0.39 is 5.97 Å². The number of carboxylic acids is 1. The van der Waals surface area contributed by atoms with Gasteiger partial charge in [0.1, 0.15) is 6.08 Å². The highest BCUT2D eigenvalue weighted by molar-refractivity contribution is 5.79. The summed E-state index contributed by atoms with van der Waals surface area (Å²) in [7, 11) is 0. The number of hydrogen-bond donors (Lipinski definition) is 1. The zero-order chi connectivity index (χ0) is 5.70. The van der Waals surface area contributed by atoms with E-state index in [0.717, 1.165) is 12.3 Å². The van der Waals surface area contributed by atoms with Crippen molar-refractivity contribution >= 4 is 5.97 Å². The highest BCUT2D eigenvalue weighted by atomic mass is 35.5. The third-order valence-corrected chi connectivity index (χ3v) is 0.284. The molecule has 44 valence electrons. The van der Waals surface area contributed by atoms with Crippen molar-refractivity contribution < 1.29 is 22.3 Å². The minimum atomic E-state index is -1.13. The molecule has 0 fully saturated rings. The molecular weight excluding hydrogens is 131 g/mol. The van der Waals surface area contributed by atoms with Gasteiger partial charge in [0.2, 0.25) is 5.39 Å². The van der Waals surface area contributed by atoms with E-state index in [-0.39, 0.29) is 12.4 Å². The molecule has 5 heteroatoms. The van der Waals surface area contributed by atoms with E-state index in [4.69, 9.17) is 10.5 Å². The number of halogens is 1. The van der Waals surface area contributed by atoms with E-state index in [1.54, 1.807) is 0 Å². The summed E-state index contributed by atoms with van der Waals surface area (Å²) in [6.45, 7) is 0. The van der Waals surface area contributed by atoms with Crippen molar-refractivity contribution in [1.29, 1.82) is 5.39 Å². The fraction of sp³-hybridized carbons (Fsp3) is 0. The standard InChI is InChI=1S/C3H2N2O2.ClH/c4-5-2-1-3(6)7;/h1-2H;1H. The number of carbonyl (C=O) groups is 1. The zero-order valence-corrected chi connectivity index (χ0v) is 4.54. The van der Waals surface area contributed by atoms with Crippen LogP contribution in [0.15, 0.2) is 12.3 Å². The predicted molar refractivity (Wildman–Crippen MR) is 21.9 cm³/mol. The normalized spacial score (nSPS) is 7.38. The van der Waals surface area contributed by atoms with Gasteiger partial charge in [-0.1, -0.05) is 0 Å². The van der Waals surface area contributed by atoms with E-state index in [2.05, 4.69) is 4.98 Å². The monoisotopic (exact) mass is 134 g/mol. The fourth-order valence-corrected chi connectivity index (χ4v) is 0.0971. The molecule has 0 aromatic heterocycles.